The number of hydrogen-bond acceptors (Lipinski definition) is 3. The van der Waals surface area contributed by atoms with Crippen molar-refractivity contribution in [2.24, 2.45) is 0 Å². The molecule has 3 heteroatoms. The average molecular weight is 652 g/mol. The number of fused-ring (bicyclic) bond motifs is 7. The molecule has 0 spiro atoms. The number of hydrogen-bond donors (Lipinski definition) is 0. The Morgan fingerprint density at radius 3 is 1.82 bits per heavy atom. The van der Waals surface area contributed by atoms with Gasteiger partial charge in [-0.15, -0.1) is 0 Å². The Hall–Kier alpha value is -6.45. The van der Waals surface area contributed by atoms with E-state index in [-0.39, 0.29) is 5.41 Å². The van der Waals surface area contributed by atoms with Crippen molar-refractivity contribution in [1.82, 2.24) is 15.0 Å². The van der Waals surface area contributed by atoms with Gasteiger partial charge in [-0.2, -0.15) is 0 Å². The molecule has 1 aliphatic carbocycles. The molecule has 0 saturated heterocycles. The van der Waals surface area contributed by atoms with Gasteiger partial charge in [-0.1, -0.05) is 166 Å². The van der Waals surface area contributed by atoms with E-state index in [4.69, 9.17) is 15.0 Å². The molecule has 0 bridgehead atoms. The monoisotopic (exact) mass is 651 g/mol. The minimum absolute atomic E-state index is 0.0842. The third-order valence-electron chi connectivity index (χ3n) is 10.7. The summed E-state index contributed by atoms with van der Waals surface area (Å²) in [5, 5.41) is 7.00. The van der Waals surface area contributed by atoms with Crippen LogP contribution in [-0.4, -0.2) is 15.0 Å². The largest absolute Gasteiger partial charge is 0.208 e. The van der Waals surface area contributed by atoms with E-state index >= 15 is 0 Å². The van der Waals surface area contributed by atoms with E-state index < -0.39 is 0 Å². The highest BCUT2D eigenvalue weighted by Gasteiger charge is 2.35. The van der Waals surface area contributed by atoms with Crippen molar-refractivity contribution in [2.75, 3.05) is 0 Å². The Morgan fingerprint density at radius 2 is 0.980 bits per heavy atom. The molecule has 9 aromatic rings. The van der Waals surface area contributed by atoms with E-state index in [0.29, 0.717) is 17.5 Å². The molecule has 51 heavy (non-hydrogen) atoms. The van der Waals surface area contributed by atoms with Gasteiger partial charge >= 0.3 is 0 Å². The Morgan fingerprint density at radius 1 is 0.353 bits per heavy atom. The normalized spacial score (nSPS) is 13.1. The molecule has 0 N–H and O–H groups in total. The lowest BCUT2D eigenvalue weighted by Crippen LogP contribution is -2.14. The molecule has 0 aliphatic heterocycles. The van der Waals surface area contributed by atoms with E-state index in [9.17, 15) is 0 Å². The van der Waals surface area contributed by atoms with E-state index in [1.807, 2.05) is 6.07 Å². The second kappa shape index (κ2) is 11.3. The van der Waals surface area contributed by atoms with Crippen LogP contribution >= 0.6 is 0 Å². The summed E-state index contributed by atoms with van der Waals surface area (Å²) in [5.74, 6) is 1.97. The molecule has 1 aliphatic rings. The molecule has 240 valence electrons. The van der Waals surface area contributed by atoms with Crippen LogP contribution in [0, 0.1) is 0 Å². The van der Waals surface area contributed by atoms with Crippen molar-refractivity contribution < 1.29 is 0 Å². The quantitative estimate of drug-likeness (QED) is 0.140. The first-order chi connectivity index (χ1) is 25.0. The van der Waals surface area contributed by atoms with Crippen LogP contribution in [0.1, 0.15) is 25.0 Å². The van der Waals surface area contributed by atoms with Crippen molar-refractivity contribution in [3.05, 3.63) is 175 Å². The van der Waals surface area contributed by atoms with Gasteiger partial charge in [0.2, 0.25) is 0 Å². The van der Waals surface area contributed by atoms with E-state index in [0.717, 1.165) is 44.0 Å². The van der Waals surface area contributed by atoms with Crippen molar-refractivity contribution in [3.63, 3.8) is 0 Å². The van der Waals surface area contributed by atoms with Gasteiger partial charge in [0.25, 0.3) is 0 Å². The summed E-state index contributed by atoms with van der Waals surface area (Å²) in [6.45, 7) is 4.62. The second-order valence-electron chi connectivity index (χ2n) is 14.0. The molecule has 0 unspecified atom stereocenters. The topological polar surface area (TPSA) is 38.7 Å². The van der Waals surface area contributed by atoms with E-state index in [1.54, 1.807) is 0 Å². The van der Waals surface area contributed by atoms with Gasteiger partial charge in [-0.3, -0.25) is 0 Å². The Balaban J connectivity index is 1.28. The standard InChI is InChI=1S/C48H33N3/c1-48(2)42-23-13-12-21-37(42)41-29-33(25-27-43(41)48)45-49-46(39-22-11-10-18-34(39)30-14-4-3-5-15-30)51-47(50-45)44-36-20-9-7-17-32(36)28-40-35-19-8-6-16-31(35)24-26-38(40)44/h3-29H,1-2H3. The van der Waals surface area contributed by atoms with Crippen LogP contribution in [0.4, 0.5) is 0 Å². The van der Waals surface area contributed by atoms with Gasteiger partial charge in [0.05, 0.1) is 0 Å². The maximum atomic E-state index is 5.38. The third kappa shape index (κ3) is 4.62. The maximum Gasteiger partial charge on any atom is 0.165 e. The minimum atomic E-state index is -0.0842. The van der Waals surface area contributed by atoms with Crippen molar-refractivity contribution >= 4 is 32.3 Å². The molecule has 0 amide bonds. The van der Waals surface area contributed by atoms with Gasteiger partial charge < -0.3 is 0 Å². The summed E-state index contributed by atoms with van der Waals surface area (Å²) in [7, 11) is 0. The number of benzene rings is 8. The van der Waals surface area contributed by atoms with Gasteiger partial charge in [0.15, 0.2) is 17.5 Å². The molecule has 0 fully saturated rings. The fourth-order valence-corrected chi connectivity index (χ4v) is 8.21. The number of aromatic nitrogens is 3. The average Bonchev–Trinajstić information content (AvgIpc) is 3.42. The van der Waals surface area contributed by atoms with Crippen LogP contribution in [0.25, 0.3) is 88.7 Å². The van der Waals surface area contributed by atoms with Gasteiger partial charge in [-0.05, 0) is 77.8 Å². The van der Waals surface area contributed by atoms with Crippen LogP contribution in [0.3, 0.4) is 0 Å². The SMILES string of the molecule is CC1(C)c2ccccc2-c2cc(-c3nc(-c4ccccc4-c4ccccc4)nc(-c4c5ccccc5cc5c4ccc4ccccc45)n3)ccc21. The molecule has 8 aromatic carbocycles. The lowest BCUT2D eigenvalue weighted by Gasteiger charge is -2.21. The fraction of sp³-hybridized carbons (Fsp3) is 0.0625. The summed E-state index contributed by atoms with van der Waals surface area (Å²) < 4.78 is 0. The molecule has 0 radical (unpaired) electrons. The maximum absolute atomic E-state index is 5.38. The Bertz CT molecular complexity index is 2830. The predicted molar refractivity (Wildman–Crippen MR) is 212 cm³/mol. The molecule has 10 rings (SSSR count). The lowest BCUT2D eigenvalue weighted by molar-refractivity contribution is 0.660. The van der Waals surface area contributed by atoms with Gasteiger partial charge in [-0.25, -0.2) is 15.0 Å². The van der Waals surface area contributed by atoms with Crippen LogP contribution in [-0.2, 0) is 5.41 Å². The first-order valence-corrected chi connectivity index (χ1v) is 17.5. The van der Waals surface area contributed by atoms with Crippen LogP contribution in [0.2, 0.25) is 0 Å². The Labute approximate surface area is 297 Å². The molecule has 1 heterocycles. The minimum Gasteiger partial charge on any atom is -0.208 e. The summed E-state index contributed by atoms with van der Waals surface area (Å²) in [6.07, 6.45) is 0. The smallest absolute Gasteiger partial charge is 0.165 e. The van der Waals surface area contributed by atoms with Gasteiger partial charge in [0.1, 0.15) is 0 Å². The first kappa shape index (κ1) is 29.5. The highest BCUT2D eigenvalue weighted by molar-refractivity contribution is 6.19. The Kier molecular flexibility index (Phi) is 6.53. The lowest BCUT2D eigenvalue weighted by atomic mass is 9.82. The summed E-state index contributed by atoms with van der Waals surface area (Å²) in [4.78, 5) is 16.0. The molecule has 3 nitrogen and oxygen atoms in total. The molecule has 0 saturated carbocycles. The van der Waals surface area contributed by atoms with Crippen molar-refractivity contribution in [1.29, 1.82) is 0 Å². The fourth-order valence-electron chi connectivity index (χ4n) is 8.21. The second-order valence-corrected chi connectivity index (χ2v) is 14.0. The van der Waals surface area contributed by atoms with E-state index in [1.165, 1.54) is 38.4 Å². The van der Waals surface area contributed by atoms with Crippen LogP contribution < -0.4 is 0 Å². The zero-order valence-electron chi connectivity index (χ0n) is 28.4. The molecular weight excluding hydrogens is 619 g/mol. The highest BCUT2D eigenvalue weighted by atomic mass is 15.0. The van der Waals surface area contributed by atoms with E-state index in [2.05, 4.69) is 172 Å². The summed E-state index contributed by atoms with van der Waals surface area (Å²) >= 11 is 0. The zero-order valence-corrected chi connectivity index (χ0v) is 28.4. The molecular formula is C48H33N3. The molecule has 0 atom stereocenters. The first-order valence-electron chi connectivity index (χ1n) is 17.5. The third-order valence-corrected chi connectivity index (χ3v) is 10.7. The predicted octanol–water partition coefficient (Wildman–Crippen LogP) is 12.3. The van der Waals surface area contributed by atoms with Gasteiger partial charge in [0, 0.05) is 22.1 Å². The highest BCUT2D eigenvalue weighted by Crippen LogP contribution is 2.49. The van der Waals surface area contributed by atoms with Crippen LogP contribution in [0.15, 0.2) is 164 Å². The number of nitrogens with zero attached hydrogens (tertiary/aromatic N) is 3. The van der Waals surface area contributed by atoms with Crippen LogP contribution in [0.5, 0.6) is 0 Å². The van der Waals surface area contributed by atoms with Crippen molar-refractivity contribution in [2.45, 2.75) is 19.3 Å². The van der Waals surface area contributed by atoms with Crippen molar-refractivity contribution in [3.8, 4) is 56.4 Å². The molecule has 1 aromatic heterocycles. The number of rotatable bonds is 4. The zero-order chi connectivity index (χ0) is 34.1. The summed E-state index contributed by atoms with van der Waals surface area (Å²) in [5.41, 5.74) is 10.3. The summed E-state index contributed by atoms with van der Waals surface area (Å²) in [6, 6.07) is 58.4.